The first-order valence-corrected chi connectivity index (χ1v) is 13.4. The van der Waals surface area contributed by atoms with E-state index >= 15 is 0 Å². The van der Waals surface area contributed by atoms with Crippen LogP contribution in [0.3, 0.4) is 0 Å². The van der Waals surface area contributed by atoms with Crippen LogP contribution in [-0.4, -0.2) is 60.1 Å². The van der Waals surface area contributed by atoms with Crippen molar-refractivity contribution >= 4 is 29.1 Å². The summed E-state index contributed by atoms with van der Waals surface area (Å²) < 4.78 is 18.7. The lowest BCUT2D eigenvalue weighted by atomic mass is 9.92. The lowest BCUT2D eigenvalue weighted by Gasteiger charge is -2.29. The first-order chi connectivity index (χ1) is 19.3. The van der Waals surface area contributed by atoms with E-state index in [0.29, 0.717) is 53.6 Å². The van der Waals surface area contributed by atoms with Gasteiger partial charge in [0.1, 0.15) is 6.04 Å². The number of rotatable bonds is 7. The molecule has 0 aliphatic carbocycles. The first-order valence-electron chi connectivity index (χ1n) is 13.0. The minimum atomic E-state index is -0.946. The molecular weight excluding hydrogens is 538 g/mol. The molecule has 10 nitrogen and oxygen atoms in total. The Morgan fingerprint density at radius 2 is 1.82 bits per heavy atom. The van der Waals surface area contributed by atoms with E-state index < -0.39 is 30.1 Å². The van der Waals surface area contributed by atoms with Crippen LogP contribution in [-0.2, 0) is 32.0 Å². The fraction of sp³-hybridized carbons (Fsp3) is 0.345. The third kappa shape index (κ3) is 6.27. The van der Waals surface area contributed by atoms with Crippen LogP contribution in [0.25, 0.3) is 11.1 Å². The van der Waals surface area contributed by atoms with Gasteiger partial charge in [-0.05, 0) is 53.1 Å². The molecule has 40 heavy (non-hydrogen) atoms. The molecule has 2 amide bonds. The zero-order chi connectivity index (χ0) is 28.2. The first kappa shape index (κ1) is 28.0. The number of carbonyl (C=O) groups excluding carboxylic acids is 2. The van der Waals surface area contributed by atoms with Gasteiger partial charge in [0.05, 0.1) is 45.2 Å². The quantitative estimate of drug-likeness (QED) is 0.398. The normalized spacial score (nSPS) is 19.4. The Labute approximate surface area is 235 Å². The molecular formula is C29H30ClN3O7. The average Bonchev–Trinajstić information content (AvgIpc) is 2.95. The summed E-state index contributed by atoms with van der Waals surface area (Å²) in [6, 6.07) is 12.1. The van der Waals surface area contributed by atoms with Crippen LogP contribution >= 0.6 is 11.6 Å². The zero-order valence-corrected chi connectivity index (χ0v) is 22.4. The molecule has 2 aliphatic heterocycles. The lowest BCUT2D eigenvalue weighted by Crippen LogP contribution is -2.39. The topological polar surface area (TPSA) is 142 Å². The molecule has 0 bridgehead atoms. The number of hydrogen-bond donors (Lipinski definition) is 3. The van der Waals surface area contributed by atoms with Crippen LogP contribution < -0.4 is 16.6 Å². The fourth-order valence-electron chi connectivity index (χ4n) is 5.02. The molecule has 2 aromatic carbocycles. The Hall–Kier alpha value is -3.54. The van der Waals surface area contributed by atoms with Crippen molar-refractivity contribution in [3.05, 3.63) is 86.8 Å². The number of anilines is 1. The predicted octanol–water partition coefficient (Wildman–Crippen LogP) is 2.69. The maximum Gasteiger partial charge on any atom is 0.251 e. The SMILES string of the molecule is NC(=O)c1ccc(NC(=O)[C@H](C[C@@H]2COCCO2)n2cc3c(cc2=O)-c2cc(Cl)ccc2C[C@@H](CO)OC3)cc1. The molecule has 5 rings (SSSR count). The highest BCUT2D eigenvalue weighted by Crippen LogP contribution is 2.33. The highest BCUT2D eigenvalue weighted by atomic mass is 35.5. The summed E-state index contributed by atoms with van der Waals surface area (Å²) in [4.78, 5) is 38.7. The standard InChI is InChI=1S/C29H30ClN3O7/c30-20-4-1-18-9-22(14-34)40-15-19-13-33(27(35)12-25(19)24(18)10-20)26(11-23-16-38-7-8-39-23)29(37)32-21-5-2-17(3-6-21)28(31)36/h1-6,10,12-13,22-23,26,34H,7-9,11,14-16H2,(H2,31,36)(H,32,37)/t22-,23+,26-/m0/s1. The maximum absolute atomic E-state index is 13.6. The number of hydrogen-bond acceptors (Lipinski definition) is 7. The zero-order valence-electron chi connectivity index (χ0n) is 21.7. The molecule has 1 aromatic heterocycles. The third-order valence-corrected chi connectivity index (χ3v) is 7.33. The number of primary amides is 1. The van der Waals surface area contributed by atoms with Crippen molar-refractivity contribution in [1.82, 2.24) is 4.57 Å². The van der Waals surface area contributed by atoms with Gasteiger partial charge in [-0.25, -0.2) is 0 Å². The molecule has 1 saturated heterocycles. The summed E-state index contributed by atoms with van der Waals surface area (Å²) >= 11 is 6.31. The number of carbonyl (C=O) groups is 2. The van der Waals surface area contributed by atoms with Gasteiger partial charge < -0.3 is 34.9 Å². The van der Waals surface area contributed by atoms with Crippen LogP contribution in [0.5, 0.6) is 0 Å². The Bertz CT molecular complexity index is 1450. The van der Waals surface area contributed by atoms with Crippen LogP contribution in [0.2, 0.25) is 5.02 Å². The van der Waals surface area contributed by atoms with Crippen molar-refractivity contribution in [2.75, 3.05) is 31.7 Å². The number of nitrogens with zero attached hydrogens (tertiary/aromatic N) is 1. The van der Waals surface area contributed by atoms with Gasteiger partial charge in [0.15, 0.2) is 0 Å². The Kier molecular flexibility index (Phi) is 8.63. The lowest BCUT2D eigenvalue weighted by molar-refractivity contribution is -0.124. The number of halogens is 1. The molecule has 2 aliphatic rings. The number of nitrogens with one attached hydrogen (secondary N) is 1. The van der Waals surface area contributed by atoms with Crippen molar-refractivity contribution in [1.29, 1.82) is 0 Å². The van der Waals surface area contributed by atoms with Gasteiger partial charge in [-0.2, -0.15) is 0 Å². The van der Waals surface area contributed by atoms with Gasteiger partial charge >= 0.3 is 0 Å². The van der Waals surface area contributed by atoms with E-state index in [4.69, 9.17) is 31.5 Å². The highest BCUT2D eigenvalue weighted by Gasteiger charge is 2.29. The van der Waals surface area contributed by atoms with E-state index in [1.807, 2.05) is 6.07 Å². The molecule has 11 heteroatoms. The van der Waals surface area contributed by atoms with Gasteiger partial charge in [-0.15, -0.1) is 0 Å². The minimum Gasteiger partial charge on any atom is -0.394 e. The molecule has 3 aromatic rings. The summed E-state index contributed by atoms with van der Waals surface area (Å²) in [5.74, 6) is -1.02. The highest BCUT2D eigenvalue weighted by molar-refractivity contribution is 6.30. The Morgan fingerprint density at radius 1 is 1.05 bits per heavy atom. The second-order valence-corrected chi connectivity index (χ2v) is 10.3. The number of aromatic nitrogens is 1. The molecule has 0 radical (unpaired) electrons. The molecule has 3 atom stereocenters. The Morgan fingerprint density at radius 3 is 2.52 bits per heavy atom. The van der Waals surface area contributed by atoms with Crippen molar-refractivity contribution in [2.45, 2.75) is 37.7 Å². The number of aliphatic hydroxyl groups excluding tert-OH is 1. The second kappa shape index (κ2) is 12.3. The van der Waals surface area contributed by atoms with E-state index in [0.717, 1.165) is 11.1 Å². The number of benzene rings is 2. The molecule has 0 unspecified atom stereocenters. The fourth-order valence-corrected chi connectivity index (χ4v) is 5.19. The third-order valence-electron chi connectivity index (χ3n) is 7.10. The van der Waals surface area contributed by atoms with E-state index in [-0.39, 0.29) is 25.2 Å². The summed E-state index contributed by atoms with van der Waals surface area (Å²) in [6.45, 7) is 1.10. The van der Waals surface area contributed by atoms with Crippen molar-refractivity contribution in [3.8, 4) is 11.1 Å². The molecule has 1 fully saturated rings. The van der Waals surface area contributed by atoms with Gasteiger partial charge in [0, 0.05) is 46.9 Å². The van der Waals surface area contributed by atoms with Gasteiger partial charge in [0.2, 0.25) is 11.8 Å². The van der Waals surface area contributed by atoms with E-state index in [1.54, 1.807) is 30.5 Å². The van der Waals surface area contributed by atoms with E-state index in [2.05, 4.69) is 5.32 Å². The number of amides is 2. The van der Waals surface area contributed by atoms with Gasteiger partial charge in [-0.1, -0.05) is 17.7 Å². The molecule has 210 valence electrons. The average molecular weight is 568 g/mol. The summed E-state index contributed by atoms with van der Waals surface area (Å²) in [7, 11) is 0. The monoisotopic (exact) mass is 567 g/mol. The van der Waals surface area contributed by atoms with Gasteiger partial charge in [0.25, 0.3) is 5.56 Å². The molecule has 4 N–H and O–H groups in total. The van der Waals surface area contributed by atoms with Crippen LogP contribution in [0.1, 0.15) is 33.9 Å². The van der Waals surface area contributed by atoms with Crippen LogP contribution in [0.4, 0.5) is 5.69 Å². The number of ether oxygens (including phenoxy) is 3. The number of nitrogens with two attached hydrogens (primary N) is 1. The smallest absolute Gasteiger partial charge is 0.251 e. The number of fused-ring (bicyclic) bond motifs is 3. The summed E-state index contributed by atoms with van der Waals surface area (Å²) in [6.07, 6.45) is 1.44. The van der Waals surface area contributed by atoms with Crippen molar-refractivity contribution < 1.29 is 28.9 Å². The van der Waals surface area contributed by atoms with Crippen LogP contribution in [0, 0.1) is 0 Å². The van der Waals surface area contributed by atoms with E-state index in [9.17, 15) is 19.5 Å². The van der Waals surface area contributed by atoms with Crippen molar-refractivity contribution in [3.63, 3.8) is 0 Å². The molecule has 3 heterocycles. The minimum absolute atomic E-state index is 0.124. The molecule has 0 spiro atoms. The number of pyridine rings is 1. The van der Waals surface area contributed by atoms with Crippen LogP contribution in [0.15, 0.2) is 59.5 Å². The maximum atomic E-state index is 13.6. The summed E-state index contributed by atoms with van der Waals surface area (Å²) in [5.41, 5.74) is 8.70. The van der Waals surface area contributed by atoms with E-state index in [1.165, 1.54) is 22.8 Å². The van der Waals surface area contributed by atoms with Gasteiger partial charge in [-0.3, -0.25) is 14.4 Å². The number of aliphatic hydroxyl groups is 1. The largest absolute Gasteiger partial charge is 0.394 e. The predicted molar refractivity (Wildman–Crippen MR) is 148 cm³/mol. The second-order valence-electron chi connectivity index (χ2n) is 9.83. The molecule has 0 saturated carbocycles. The summed E-state index contributed by atoms with van der Waals surface area (Å²) in [5, 5.41) is 13.2. The Balaban J connectivity index is 1.53. The van der Waals surface area contributed by atoms with Crippen molar-refractivity contribution in [2.24, 2.45) is 5.73 Å².